The van der Waals surface area contributed by atoms with Crippen LogP contribution >= 0.6 is 0 Å². The van der Waals surface area contributed by atoms with Crippen molar-refractivity contribution in [1.29, 1.82) is 0 Å². The average molecular weight is 351 g/mol. The molecule has 0 bridgehead atoms. The van der Waals surface area contributed by atoms with Crippen molar-refractivity contribution in [3.8, 4) is 17.2 Å². The lowest BCUT2D eigenvalue weighted by Gasteiger charge is -2.05. The van der Waals surface area contributed by atoms with Gasteiger partial charge >= 0.3 is 0 Å². The third-order valence-electron chi connectivity index (χ3n) is 4.06. The summed E-state index contributed by atoms with van der Waals surface area (Å²) in [6, 6.07) is 15.4. The molecule has 1 N–H and O–H groups in total. The zero-order valence-corrected chi connectivity index (χ0v) is 14.9. The van der Waals surface area contributed by atoms with Gasteiger partial charge in [0.1, 0.15) is 5.75 Å². The molecule has 1 amide bonds. The van der Waals surface area contributed by atoms with E-state index >= 15 is 0 Å². The summed E-state index contributed by atoms with van der Waals surface area (Å²) in [5.41, 5.74) is 2.99. The molecule has 0 aliphatic carbocycles. The molecule has 6 nitrogen and oxygen atoms in total. The molecular formula is C20H21N3O3. The maximum atomic E-state index is 12.0. The molecular weight excluding hydrogens is 330 g/mol. The number of methoxy groups -OCH3 is 1. The highest BCUT2D eigenvalue weighted by atomic mass is 16.5. The SMILES string of the molecule is COc1ccc(CNC(=O)CCc2nnc(-c3ccccc3C)o2)cc1. The zero-order valence-electron chi connectivity index (χ0n) is 14.9. The van der Waals surface area contributed by atoms with E-state index in [9.17, 15) is 4.79 Å². The van der Waals surface area contributed by atoms with E-state index in [0.717, 1.165) is 22.4 Å². The number of amides is 1. The molecule has 0 aliphatic rings. The second-order valence-electron chi connectivity index (χ2n) is 5.94. The van der Waals surface area contributed by atoms with Crippen molar-refractivity contribution in [3.05, 3.63) is 65.5 Å². The van der Waals surface area contributed by atoms with E-state index in [4.69, 9.17) is 9.15 Å². The quantitative estimate of drug-likeness (QED) is 0.707. The standard InChI is InChI=1S/C20H21N3O3/c1-14-5-3-4-6-17(14)20-23-22-19(26-20)12-11-18(24)21-13-15-7-9-16(25-2)10-8-15/h3-10H,11-13H2,1-2H3,(H,21,24). The van der Waals surface area contributed by atoms with Crippen molar-refractivity contribution < 1.29 is 13.9 Å². The minimum Gasteiger partial charge on any atom is -0.497 e. The summed E-state index contributed by atoms with van der Waals surface area (Å²) in [4.78, 5) is 12.0. The summed E-state index contributed by atoms with van der Waals surface area (Å²) in [5.74, 6) is 1.68. The third-order valence-corrected chi connectivity index (χ3v) is 4.06. The van der Waals surface area contributed by atoms with Crippen LogP contribution in [0.1, 0.15) is 23.4 Å². The monoisotopic (exact) mass is 351 g/mol. The number of ether oxygens (including phenoxy) is 1. The Labute approximate surface area is 152 Å². The van der Waals surface area contributed by atoms with Crippen LogP contribution in [0.15, 0.2) is 52.9 Å². The number of carbonyl (C=O) groups is 1. The largest absolute Gasteiger partial charge is 0.497 e. The van der Waals surface area contributed by atoms with E-state index in [1.54, 1.807) is 7.11 Å². The Hall–Kier alpha value is -3.15. The van der Waals surface area contributed by atoms with E-state index in [2.05, 4.69) is 15.5 Å². The van der Waals surface area contributed by atoms with Crippen molar-refractivity contribution in [2.75, 3.05) is 7.11 Å². The second kappa shape index (κ2) is 8.29. The summed E-state index contributed by atoms with van der Waals surface area (Å²) >= 11 is 0. The lowest BCUT2D eigenvalue weighted by atomic mass is 10.1. The molecule has 3 aromatic rings. The first kappa shape index (κ1) is 17.7. The average Bonchev–Trinajstić information content (AvgIpc) is 3.14. The molecule has 1 aromatic heterocycles. The van der Waals surface area contributed by atoms with Crippen LogP contribution in [-0.4, -0.2) is 23.2 Å². The Morgan fingerprint density at radius 2 is 1.88 bits per heavy atom. The number of hydrogen-bond donors (Lipinski definition) is 1. The van der Waals surface area contributed by atoms with Gasteiger partial charge in [0.25, 0.3) is 0 Å². The normalized spacial score (nSPS) is 10.5. The Balaban J connectivity index is 1.49. The van der Waals surface area contributed by atoms with Gasteiger partial charge in [-0.2, -0.15) is 0 Å². The van der Waals surface area contributed by atoms with Gasteiger partial charge in [0.05, 0.1) is 7.11 Å². The highest BCUT2D eigenvalue weighted by Crippen LogP contribution is 2.21. The first-order valence-corrected chi connectivity index (χ1v) is 8.43. The highest BCUT2D eigenvalue weighted by Gasteiger charge is 2.12. The van der Waals surface area contributed by atoms with Crippen LogP contribution in [0, 0.1) is 6.92 Å². The summed E-state index contributed by atoms with van der Waals surface area (Å²) in [5, 5.41) is 11.0. The molecule has 6 heteroatoms. The van der Waals surface area contributed by atoms with Crippen LogP contribution in [0.3, 0.4) is 0 Å². The molecule has 0 saturated heterocycles. The predicted molar refractivity (Wildman–Crippen MR) is 97.6 cm³/mol. The summed E-state index contributed by atoms with van der Waals surface area (Å²) in [6.45, 7) is 2.47. The summed E-state index contributed by atoms with van der Waals surface area (Å²) in [7, 11) is 1.62. The third kappa shape index (κ3) is 4.47. The van der Waals surface area contributed by atoms with Gasteiger partial charge in [-0.15, -0.1) is 10.2 Å². The maximum absolute atomic E-state index is 12.0. The fourth-order valence-electron chi connectivity index (χ4n) is 2.53. The van der Waals surface area contributed by atoms with Crippen LogP contribution in [0.4, 0.5) is 0 Å². The Kier molecular flexibility index (Phi) is 5.63. The van der Waals surface area contributed by atoms with Crippen molar-refractivity contribution in [2.24, 2.45) is 0 Å². The van der Waals surface area contributed by atoms with Gasteiger partial charge in [0.2, 0.25) is 17.7 Å². The number of aryl methyl sites for hydroxylation is 2. The van der Waals surface area contributed by atoms with Crippen LogP contribution in [0.2, 0.25) is 0 Å². The number of nitrogens with one attached hydrogen (secondary N) is 1. The van der Waals surface area contributed by atoms with E-state index < -0.39 is 0 Å². The zero-order chi connectivity index (χ0) is 18.4. The molecule has 0 saturated carbocycles. The Morgan fingerprint density at radius 3 is 2.62 bits per heavy atom. The smallest absolute Gasteiger partial charge is 0.247 e. The maximum Gasteiger partial charge on any atom is 0.247 e. The van der Waals surface area contributed by atoms with E-state index in [1.165, 1.54) is 0 Å². The van der Waals surface area contributed by atoms with Crippen molar-refractivity contribution in [1.82, 2.24) is 15.5 Å². The Morgan fingerprint density at radius 1 is 1.12 bits per heavy atom. The number of nitrogens with zero attached hydrogens (tertiary/aromatic N) is 2. The minimum atomic E-state index is -0.0588. The molecule has 0 aliphatic heterocycles. The van der Waals surface area contributed by atoms with Gasteiger partial charge < -0.3 is 14.5 Å². The number of carbonyl (C=O) groups excluding carboxylic acids is 1. The van der Waals surface area contributed by atoms with Crippen LogP contribution in [0.25, 0.3) is 11.5 Å². The van der Waals surface area contributed by atoms with Crippen molar-refractivity contribution in [3.63, 3.8) is 0 Å². The number of benzene rings is 2. The van der Waals surface area contributed by atoms with E-state index in [0.29, 0.717) is 31.2 Å². The molecule has 0 spiro atoms. The first-order chi connectivity index (χ1) is 12.7. The molecule has 1 heterocycles. The summed E-state index contributed by atoms with van der Waals surface area (Å²) in [6.07, 6.45) is 0.707. The van der Waals surface area contributed by atoms with Gasteiger partial charge in [-0.25, -0.2) is 0 Å². The van der Waals surface area contributed by atoms with Crippen LogP contribution in [0.5, 0.6) is 5.75 Å². The molecule has 0 fully saturated rings. The van der Waals surface area contributed by atoms with Gasteiger partial charge in [0.15, 0.2) is 0 Å². The van der Waals surface area contributed by atoms with Gasteiger partial charge in [0, 0.05) is 24.9 Å². The fourth-order valence-corrected chi connectivity index (χ4v) is 2.53. The molecule has 0 unspecified atom stereocenters. The van der Waals surface area contributed by atoms with E-state index in [1.807, 2.05) is 55.5 Å². The fraction of sp³-hybridized carbons (Fsp3) is 0.250. The highest BCUT2D eigenvalue weighted by molar-refractivity contribution is 5.76. The van der Waals surface area contributed by atoms with Crippen molar-refractivity contribution >= 4 is 5.91 Å². The topological polar surface area (TPSA) is 77.2 Å². The first-order valence-electron chi connectivity index (χ1n) is 8.43. The van der Waals surface area contributed by atoms with Gasteiger partial charge in [-0.3, -0.25) is 4.79 Å². The molecule has 0 radical (unpaired) electrons. The molecule has 26 heavy (non-hydrogen) atoms. The van der Waals surface area contributed by atoms with Gasteiger partial charge in [-0.1, -0.05) is 30.3 Å². The second-order valence-corrected chi connectivity index (χ2v) is 5.94. The number of aromatic nitrogens is 2. The molecule has 0 atom stereocenters. The Bertz CT molecular complexity index is 872. The van der Waals surface area contributed by atoms with Crippen molar-refractivity contribution in [2.45, 2.75) is 26.3 Å². The lowest BCUT2D eigenvalue weighted by molar-refractivity contribution is -0.121. The van der Waals surface area contributed by atoms with Crippen LogP contribution in [-0.2, 0) is 17.8 Å². The molecule has 2 aromatic carbocycles. The summed E-state index contributed by atoms with van der Waals surface area (Å²) < 4.78 is 10.8. The molecule has 134 valence electrons. The number of rotatable bonds is 7. The van der Waals surface area contributed by atoms with Gasteiger partial charge in [-0.05, 0) is 36.2 Å². The van der Waals surface area contributed by atoms with Crippen LogP contribution < -0.4 is 10.1 Å². The molecule has 3 rings (SSSR count). The lowest BCUT2D eigenvalue weighted by Crippen LogP contribution is -2.23. The van der Waals surface area contributed by atoms with E-state index in [-0.39, 0.29) is 5.91 Å². The minimum absolute atomic E-state index is 0.0588. The predicted octanol–water partition coefficient (Wildman–Crippen LogP) is 3.30. The number of hydrogen-bond acceptors (Lipinski definition) is 5.